The van der Waals surface area contributed by atoms with E-state index in [0.717, 1.165) is 32.1 Å². The van der Waals surface area contributed by atoms with Gasteiger partial charge in [0.15, 0.2) is 0 Å². The van der Waals surface area contributed by atoms with Crippen LogP contribution in [-0.4, -0.2) is 35.6 Å². The Balaban J connectivity index is 3.71. The van der Waals surface area contributed by atoms with Crippen LogP contribution >= 0.6 is 0 Å². The van der Waals surface area contributed by atoms with Crippen LogP contribution in [0.3, 0.4) is 0 Å². The number of carboxylic acid groups (broad SMARTS) is 1. The molecule has 1 amide bonds. The van der Waals surface area contributed by atoms with Crippen molar-refractivity contribution in [2.45, 2.75) is 174 Å². The van der Waals surface area contributed by atoms with E-state index in [2.05, 4.69) is 19.2 Å². The van der Waals surface area contributed by atoms with Crippen LogP contribution in [0.2, 0.25) is 0 Å². The number of rotatable bonds is 28. The maximum atomic E-state index is 12.1. The minimum absolute atomic E-state index is 0.00747. The fraction of sp³-hybridized carbons (Fsp3) is 0.903. The largest absolute Gasteiger partial charge is 0.480 e. The van der Waals surface area contributed by atoms with Crippen LogP contribution in [-0.2, 0) is 19.1 Å². The summed E-state index contributed by atoms with van der Waals surface area (Å²) in [4.78, 5) is 35.6. The first kappa shape index (κ1) is 35.4. The van der Waals surface area contributed by atoms with E-state index in [1.165, 1.54) is 103 Å². The normalized spacial score (nSPS) is 11.8. The summed E-state index contributed by atoms with van der Waals surface area (Å²) in [5.74, 6) is -1.74. The summed E-state index contributed by atoms with van der Waals surface area (Å²) in [5, 5.41) is 12.0. The molecule has 0 rings (SSSR count). The van der Waals surface area contributed by atoms with Crippen molar-refractivity contribution in [3.8, 4) is 0 Å². The van der Waals surface area contributed by atoms with Gasteiger partial charge in [0.2, 0.25) is 5.91 Å². The molecular formula is C31H59NO5. The molecule has 0 fully saturated rings. The summed E-state index contributed by atoms with van der Waals surface area (Å²) in [6, 6.07) is -1.04. The smallest absolute Gasteiger partial charge is 0.326 e. The van der Waals surface area contributed by atoms with E-state index in [0.29, 0.717) is 13.0 Å². The highest BCUT2D eigenvalue weighted by atomic mass is 16.5. The molecular weight excluding hydrogens is 466 g/mol. The average Bonchev–Trinajstić information content (AvgIpc) is 2.88. The molecule has 0 saturated heterocycles. The van der Waals surface area contributed by atoms with Crippen LogP contribution in [0.5, 0.6) is 0 Å². The van der Waals surface area contributed by atoms with Gasteiger partial charge in [0.1, 0.15) is 6.04 Å². The van der Waals surface area contributed by atoms with Crippen LogP contribution in [0, 0.1) is 0 Å². The monoisotopic (exact) mass is 525 g/mol. The number of carbonyl (C=O) groups excluding carboxylic acids is 2. The molecule has 0 aliphatic carbocycles. The molecule has 37 heavy (non-hydrogen) atoms. The molecule has 0 radical (unpaired) electrons. The van der Waals surface area contributed by atoms with E-state index < -0.39 is 12.0 Å². The Labute approximate surface area is 228 Å². The Bertz CT molecular complexity index is 552. The third-order valence-corrected chi connectivity index (χ3v) is 7.04. The van der Waals surface area contributed by atoms with Gasteiger partial charge < -0.3 is 15.2 Å². The molecule has 0 spiro atoms. The number of nitrogens with one attached hydrogen (secondary N) is 1. The predicted molar refractivity (Wildman–Crippen MR) is 153 cm³/mol. The summed E-state index contributed by atoms with van der Waals surface area (Å²) in [6.45, 7) is 4.85. The number of carbonyl (C=O) groups is 3. The molecule has 0 aliphatic heterocycles. The molecule has 0 aliphatic rings. The van der Waals surface area contributed by atoms with Gasteiger partial charge in [-0.05, 0) is 19.3 Å². The quantitative estimate of drug-likeness (QED) is 0.0789. The van der Waals surface area contributed by atoms with E-state index in [9.17, 15) is 19.5 Å². The zero-order valence-corrected chi connectivity index (χ0v) is 24.3. The fourth-order valence-electron chi connectivity index (χ4n) is 4.58. The van der Waals surface area contributed by atoms with Crippen LogP contribution in [0.4, 0.5) is 0 Å². The van der Waals surface area contributed by atoms with Gasteiger partial charge in [0.25, 0.3) is 0 Å². The van der Waals surface area contributed by atoms with E-state index in [1.807, 2.05) is 0 Å². The van der Waals surface area contributed by atoms with Crippen molar-refractivity contribution in [3.63, 3.8) is 0 Å². The lowest BCUT2D eigenvalue weighted by Crippen LogP contribution is -2.41. The third-order valence-electron chi connectivity index (χ3n) is 7.04. The van der Waals surface area contributed by atoms with Crippen molar-refractivity contribution in [2.75, 3.05) is 6.61 Å². The minimum Gasteiger partial charge on any atom is -0.480 e. The van der Waals surface area contributed by atoms with Gasteiger partial charge in [-0.15, -0.1) is 0 Å². The number of carboxylic acids is 1. The SMILES string of the molecule is CCCCCCCCCCCCCOC(=O)CC[C@H](NC(=O)CCCCCCCCCCCC)C(=O)O. The molecule has 6 heteroatoms. The molecule has 218 valence electrons. The molecule has 2 N–H and O–H groups in total. The van der Waals surface area contributed by atoms with Gasteiger partial charge in [-0.3, -0.25) is 9.59 Å². The lowest BCUT2D eigenvalue weighted by Gasteiger charge is -2.14. The molecule has 6 nitrogen and oxygen atoms in total. The first-order valence-corrected chi connectivity index (χ1v) is 15.7. The Morgan fingerprint density at radius 1 is 0.595 bits per heavy atom. The van der Waals surface area contributed by atoms with Gasteiger partial charge >= 0.3 is 11.9 Å². The summed E-state index contributed by atoms with van der Waals surface area (Å²) >= 11 is 0. The Hall–Kier alpha value is -1.59. The summed E-state index contributed by atoms with van der Waals surface area (Å²) in [6.07, 6.45) is 25.9. The first-order valence-electron chi connectivity index (χ1n) is 15.7. The zero-order chi connectivity index (χ0) is 27.4. The molecule has 0 aromatic rings. The Morgan fingerprint density at radius 2 is 1.00 bits per heavy atom. The van der Waals surface area contributed by atoms with Crippen molar-refractivity contribution in [1.29, 1.82) is 0 Å². The Kier molecular flexibility index (Phi) is 26.3. The van der Waals surface area contributed by atoms with Gasteiger partial charge in [0.05, 0.1) is 6.61 Å². The van der Waals surface area contributed by atoms with Gasteiger partial charge in [-0.2, -0.15) is 0 Å². The van der Waals surface area contributed by atoms with Crippen LogP contribution in [0.1, 0.15) is 168 Å². The van der Waals surface area contributed by atoms with Crippen molar-refractivity contribution in [2.24, 2.45) is 0 Å². The second kappa shape index (κ2) is 27.4. The van der Waals surface area contributed by atoms with Gasteiger partial charge in [0, 0.05) is 12.8 Å². The molecule has 0 bridgehead atoms. The number of hydrogen-bond acceptors (Lipinski definition) is 4. The second-order valence-corrected chi connectivity index (χ2v) is 10.7. The second-order valence-electron chi connectivity index (χ2n) is 10.7. The predicted octanol–water partition coefficient (Wildman–Crippen LogP) is 8.50. The number of amides is 1. The fourth-order valence-corrected chi connectivity index (χ4v) is 4.58. The van der Waals surface area contributed by atoms with Crippen molar-refractivity contribution < 1.29 is 24.2 Å². The van der Waals surface area contributed by atoms with Crippen LogP contribution in [0.25, 0.3) is 0 Å². The summed E-state index contributed by atoms with van der Waals surface area (Å²) in [7, 11) is 0. The van der Waals surface area contributed by atoms with E-state index in [-0.39, 0.29) is 24.7 Å². The maximum absolute atomic E-state index is 12.1. The maximum Gasteiger partial charge on any atom is 0.326 e. The van der Waals surface area contributed by atoms with E-state index in [1.54, 1.807) is 0 Å². The van der Waals surface area contributed by atoms with Crippen molar-refractivity contribution in [3.05, 3.63) is 0 Å². The summed E-state index contributed by atoms with van der Waals surface area (Å²) < 4.78 is 5.25. The van der Waals surface area contributed by atoms with Crippen LogP contribution < -0.4 is 5.32 Å². The van der Waals surface area contributed by atoms with E-state index >= 15 is 0 Å². The topological polar surface area (TPSA) is 92.7 Å². The lowest BCUT2D eigenvalue weighted by molar-refractivity contribution is -0.145. The highest BCUT2D eigenvalue weighted by Crippen LogP contribution is 2.13. The molecule has 1 atom stereocenters. The number of esters is 1. The third kappa shape index (κ3) is 25.8. The first-order chi connectivity index (χ1) is 18.0. The molecule has 0 aromatic carbocycles. The highest BCUT2D eigenvalue weighted by Gasteiger charge is 2.21. The molecule has 0 aromatic heterocycles. The number of ether oxygens (including phenoxy) is 1. The standard InChI is InChI=1S/C31H59NO5/c1-3-5-7-9-11-13-15-17-19-21-23-27-37-30(34)26-25-28(31(35)36)32-29(33)24-22-20-18-16-14-12-10-8-6-4-2/h28H,3-27H2,1-2H3,(H,32,33)(H,35,36)/t28-/m0/s1. The number of aliphatic carboxylic acids is 1. The minimum atomic E-state index is -1.10. The lowest BCUT2D eigenvalue weighted by atomic mass is 10.1. The number of hydrogen-bond donors (Lipinski definition) is 2. The van der Waals surface area contributed by atoms with E-state index in [4.69, 9.17) is 4.74 Å². The molecule has 0 unspecified atom stereocenters. The average molecular weight is 526 g/mol. The van der Waals surface area contributed by atoms with Gasteiger partial charge in [-0.1, -0.05) is 136 Å². The zero-order valence-electron chi connectivity index (χ0n) is 24.3. The highest BCUT2D eigenvalue weighted by molar-refractivity contribution is 5.84. The van der Waals surface area contributed by atoms with Crippen molar-refractivity contribution in [1.82, 2.24) is 5.32 Å². The Morgan fingerprint density at radius 3 is 1.43 bits per heavy atom. The summed E-state index contributed by atoms with van der Waals surface area (Å²) in [5.41, 5.74) is 0. The molecule has 0 saturated carbocycles. The van der Waals surface area contributed by atoms with Gasteiger partial charge in [-0.25, -0.2) is 4.79 Å². The molecule has 0 heterocycles. The van der Waals surface area contributed by atoms with Crippen LogP contribution in [0.15, 0.2) is 0 Å². The number of unbranched alkanes of at least 4 members (excludes halogenated alkanes) is 19. The van der Waals surface area contributed by atoms with Crippen molar-refractivity contribution >= 4 is 17.8 Å².